The summed E-state index contributed by atoms with van der Waals surface area (Å²) in [6, 6.07) is 1.47. The van der Waals surface area contributed by atoms with Gasteiger partial charge >= 0.3 is 0 Å². The molecule has 2 nitrogen and oxygen atoms in total. The van der Waals surface area contributed by atoms with Crippen LogP contribution in [0, 0.1) is 18.8 Å². The zero-order valence-corrected chi connectivity index (χ0v) is 8.33. The van der Waals surface area contributed by atoms with E-state index in [0.29, 0.717) is 0 Å². The summed E-state index contributed by atoms with van der Waals surface area (Å²) in [4.78, 5) is 3.64. The monoisotopic (exact) mass is 194 g/mol. The number of nitrogens with two attached hydrogens (primary N) is 1. The summed E-state index contributed by atoms with van der Waals surface area (Å²) in [5.74, 6) is 0.360. The van der Waals surface area contributed by atoms with E-state index in [0.717, 1.165) is 23.5 Å². The lowest BCUT2D eigenvalue weighted by Gasteiger charge is -2.13. The van der Waals surface area contributed by atoms with Crippen molar-refractivity contribution in [3.8, 4) is 0 Å². The molecule has 1 aromatic rings. The SMILES string of the molecule is Cc1cc(F)ncc1C(N)CC1CC1. The van der Waals surface area contributed by atoms with Gasteiger partial charge in [0.05, 0.1) is 0 Å². The third-order valence-corrected chi connectivity index (χ3v) is 2.80. The Morgan fingerprint density at radius 3 is 2.93 bits per heavy atom. The number of hydrogen-bond donors (Lipinski definition) is 1. The van der Waals surface area contributed by atoms with Crippen molar-refractivity contribution < 1.29 is 4.39 Å². The Bertz CT molecular complexity index is 334. The molecule has 2 N–H and O–H groups in total. The Morgan fingerprint density at radius 1 is 1.64 bits per heavy atom. The van der Waals surface area contributed by atoms with Crippen LogP contribution in [-0.4, -0.2) is 4.98 Å². The predicted molar refractivity (Wildman–Crippen MR) is 53.2 cm³/mol. The highest BCUT2D eigenvalue weighted by Crippen LogP contribution is 2.37. The van der Waals surface area contributed by atoms with Gasteiger partial charge in [0.15, 0.2) is 0 Å². The van der Waals surface area contributed by atoms with E-state index in [1.165, 1.54) is 18.9 Å². The molecule has 0 aromatic carbocycles. The molecule has 14 heavy (non-hydrogen) atoms. The molecule has 0 saturated heterocycles. The fourth-order valence-electron chi connectivity index (χ4n) is 1.76. The number of pyridine rings is 1. The minimum atomic E-state index is -0.426. The van der Waals surface area contributed by atoms with Crippen LogP contribution in [0.15, 0.2) is 12.3 Å². The number of aromatic nitrogens is 1. The lowest BCUT2D eigenvalue weighted by molar-refractivity contribution is 0.564. The Kier molecular flexibility index (Phi) is 2.50. The Morgan fingerprint density at radius 2 is 2.36 bits per heavy atom. The van der Waals surface area contributed by atoms with E-state index < -0.39 is 5.95 Å². The van der Waals surface area contributed by atoms with E-state index in [1.54, 1.807) is 6.20 Å². The maximum atomic E-state index is 12.7. The van der Waals surface area contributed by atoms with E-state index in [-0.39, 0.29) is 6.04 Å². The molecule has 1 heterocycles. The van der Waals surface area contributed by atoms with Gasteiger partial charge in [0.2, 0.25) is 5.95 Å². The van der Waals surface area contributed by atoms with Crippen LogP contribution in [0.4, 0.5) is 4.39 Å². The van der Waals surface area contributed by atoms with Crippen molar-refractivity contribution in [1.82, 2.24) is 4.98 Å². The molecule has 0 spiro atoms. The van der Waals surface area contributed by atoms with Crippen LogP contribution < -0.4 is 5.73 Å². The van der Waals surface area contributed by atoms with E-state index in [9.17, 15) is 4.39 Å². The maximum Gasteiger partial charge on any atom is 0.213 e. The van der Waals surface area contributed by atoms with Gasteiger partial charge in [-0.05, 0) is 36.5 Å². The van der Waals surface area contributed by atoms with Crippen LogP contribution in [0.5, 0.6) is 0 Å². The largest absolute Gasteiger partial charge is 0.324 e. The average Bonchev–Trinajstić information content (AvgIpc) is 2.87. The van der Waals surface area contributed by atoms with Crippen molar-refractivity contribution in [3.05, 3.63) is 29.3 Å². The fourth-order valence-corrected chi connectivity index (χ4v) is 1.76. The summed E-state index contributed by atoms with van der Waals surface area (Å²) >= 11 is 0. The number of aryl methyl sites for hydroxylation is 1. The summed E-state index contributed by atoms with van der Waals surface area (Å²) < 4.78 is 12.7. The molecule has 2 rings (SSSR count). The molecule has 1 aliphatic carbocycles. The number of hydrogen-bond acceptors (Lipinski definition) is 2. The number of halogens is 1. The van der Waals surface area contributed by atoms with E-state index in [4.69, 9.17) is 5.73 Å². The Balaban J connectivity index is 2.13. The van der Waals surface area contributed by atoms with E-state index in [1.807, 2.05) is 6.92 Å². The molecule has 1 atom stereocenters. The molecule has 0 bridgehead atoms. The minimum absolute atomic E-state index is 0.0237. The quantitative estimate of drug-likeness (QED) is 0.750. The highest BCUT2D eigenvalue weighted by Gasteiger charge is 2.25. The molecule has 3 heteroatoms. The standard InChI is InChI=1S/C11H15FN2/c1-7-4-11(12)14-6-9(7)10(13)5-8-2-3-8/h4,6,8,10H,2-3,5,13H2,1H3. The zero-order valence-electron chi connectivity index (χ0n) is 8.33. The first-order valence-corrected chi connectivity index (χ1v) is 5.04. The van der Waals surface area contributed by atoms with E-state index >= 15 is 0 Å². The predicted octanol–water partition coefficient (Wildman–Crippen LogP) is 2.33. The first kappa shape index (κ1) is 9.59. The van der Waals surface area contributed by atoms with Gasteiger partial charge in [-0.2, -0.15) is 4.39 Å². The fraction of sp³-hybridized carbons (Fsp3) is 0.545. The molecular weight excluding hydrogens is 179 g/mol. The molecule has 0 radical (unpaired) electrons. The second kappa shape index (κ2) is 3.65. The molecule has 1 fully saturated rings. The Hall–Kier alpha value is -0.960. The molecule has 1 saturated carbocycles. The first-order valence-electron chi connectivity index (χ1n) is 5.04. The van der Waals surface area contributed by atoms with Crippen molar-refractivity contribution in [1.29, 1.82) is 0 Å². The number of rotatable bonds is 3. The topological polar surface area (TPSA) is 38.9 Å². The van der Waals surface area contributed by atoms with Crippen LogP contribution in [0.25, 0.3) is 0 Å². The maximum absolute atomic E-state index is 12.7. The first-order chi connectivity index (χ1) is 6.66. The van der Waals surface area contributed by atoms with Gasteiger partial charge in [0.25, 0.3) is 0 Å². The van der Waals surface area contributed by atoms with Gasteiger partial charge in [-0.3, -0.25) is 0 Å². The second-order valence-electron chi connectivity index (χ2n) is 4.15. The number of nitrogens with zero attached hydrogens (tertiary/aromatic N) is 1. The summed E-state index contributed by atoms with van der Waals surface area (Å²) in [5, 5.41) is 0. The van der Waals surface area contributed by atoms with Gasteiger partial charge in [-0.1, -0.05) is 12.8 Å². The van der Waals surface area contributed by atoms with Crippen LogP contribution in [0.3, 0.4) is 0 Å². The van der Waals surface area contributed by atoms with Crippen molar-refractivity contribution in [2.75, 3.05) is 0 Å². The van der Waals surface area contributed by atoms with Gasteiger partial charge in [0.1, 0.15) is 0 Å². The second-order valence-corrected chi connectivity index (χ2v) is 4.15. The molecular formula is C11H15FN2. The summed E-state index contributed by atoms with van der Waals surface area (Å²) in [5.41, 5.74) is 7.92. The lowest BCUT2D eigenvalue weighted by atomic mass is 10.00. The van der Waals surface area contributed by atoms with Crippen molar-refractivity contribution in [2.24, 2.45) is 11.7 Å². The Labute approximate surface area is 83.3 Å². The third-order valence-electron chi connectivity index (χ3n) is 2.80. The van der Waals surface area contributed by atoms with Crippen molar-refractivity contribution in [3.63, 3.8) is 0 Å². The third kappa shape index (κ3) is 2.10. The summed E-state index contributed by atoms with van der Waals surface area (Å²) in [7, 11) is 0. The lowest BCUT2D eigenvalue weighted by Crippen LogP contribution is -2.13. The van der Waals surface area contributed by atoms with Gasteiger partial charge in [-0.15, -0.1) is 0 Å². The normalized spacial score (nSPS) is 18.2. The highest BCUT2D eigenvalue weighted by atomic mass is 19.1. The van der Waals surface area contributed by atoms with Gasteiger partial charge in [0, 0.05) is 12.2 Å². The minimum Gasteiger partial charge on any atom is -0.324 e. The van der Waals surface area contributed by atoms with Crippen LogP contribution in [-0.2, 0) is 0 Å². The molecule has 1 unspecified atom stereocenters. The highest BCUT2D eigenvalue weighted by molar-refractivity contribution is 5.25. The molecule has 1 aliphatic rings. The van der Waals surface area contributed by atoms with Crippen LogP contribution >= 0.6 is 0 Å². The molecule has 1 aromatic heterocycles. The molecule has 0 amide bonds. The van der Waals surface area contributed by atoms with Crippen LogP contribution in [0.1, 0.15) is 36.4 Å². The summed E-state index contributed by atoms with van der Waals surface area (Å²) in [6.07, 6.45) is 5.16. The summed E-state index contributed by atoms with van der Waals surface area (Å²) in [6.45, 7) is 1.88. The van der Waals surface area contributed by atoms with Crippen molar-refractivity contribution >= 4 is 0 Å². The molecule has 0 aliphatic heterocycles. The zero-order chi connectivity index (χ0) is 10.1. The smallest absolute Gasteiger partial charge is 0.213 e. The average molecular weight is 194 g/mol. The van der Waals surface area contributed by atoms with Crippen molar-refractivity contribution in [2.45, 2.75) is 32.2 Å². The van der Waals surface area contributed by atoms with E-state index in [2.05, 4.69) is 4.98 Å². The molecule has 76 valence electrons. The van der Waals surface area contributed by atoms with Gasteiger partial charge < -0.3 is 5.73 Å². The van der Waals surface area contributed by atoms with Crippen LogP contribution in [0.2, 0.25) is 0 Å². The van der Waals surface area contributed by atoms with Gasteiger partial charge in [-0.25, -0.2) is 4.98 Å².